The lowest BCUT2D eigenvalue weighted by atomic mass is 10.3. The first kappa shape index (κ1) is 14.0. The van der Waals surface area contributed by atoms with Crippen LogP contribution in [0.3, 0.4) is 0 Å². The van der Waals surface area contributed by atoms with Crippen LogP contribution in [0.15, 0.2) is 29.1 Å². The number of fused-ring (bicyclic) bond motifs is 3. The number of hydrogen-bond donors (Lipinski definition) is 0. The summed E-state index contributed by atoms with van der Waals surface area (Å²) in [5.41, 5.74) is 0.182. The van der Waals surface area contributed by atoms with Gasteiger partial charge in [0.05, 0.1) is 5.69 Å². The molecular formula is C14H7ClN4O3S. The Labute approximate surface area is 137 Å². The average molecular weight is 347 g/mol. The lowest BCUT2D eigenvalue weighted by Gasteiger charge is -2.14. The molecule has 4 rings (SSSR count). The van der Waals surface area contributed by atoms with E-state index in [9.17, 15) is 14.4 Å². The molecule has 0 saturated carbocycles. The molecular weight excluding hydrogens is 340 g/mol. The highest BCUT2D eigenvalue weighted by atomic mass is 35.5. The summed E-state index contributed by atoms with van der Waals surface area (Å²) in [5.74, 6) is -0.995. The van der Waals surface area contributed by atoms with Gasteiger partial charge < -0.3 is 0 Å². The fourth-order valence-electron chi connectivity index (χ4n) is 2.38. The lowest BCUT2D eigenvalue weighted by Crippen LogP contribution is -2.30. The van der Waals surface area contributed by atoms with Crippen LogP contribution in [-0.4, -0.2) is 26.4 Å². The van der Waals surface area contributed by atoms with E-state index in [-0.39, 0.29) is 21.2 Å². The Morgan fingerprint density at radius 3 is 2.70 bits per heavy atom. The number of carbonyl (C=O) groups is 2. The number of rotatable bonds is 1. The minimum atomic E-state index is -0.518. The molecule has 0 saturated heterocycles. The number of carbonyl (C=O) groups excluding carboxylic acids is 2. The van der Waals surface area contributed by atoms with Gasteiger partial charge in [-0.25, -0.2) is 4.90 Å². The smallest absolute Gasteiger partial charge is 0.267 e. The minimum absolute atomic E-state index is 0.116. The third kappa shape index (κ3) is 1.92. The van der Waals surface area contributed by atoms with Crippen molar-refractivity contribution in [2.75, 3.05) is 4.90 Å². The molecule has 0 N–H and O–H groups in total. The molecule has 0 fully saturated rings. The van der Waals surface area contributed by atoms with Gasteiger partial charge in [-0.2, -0.15) is 14.6 Å². The van der Waals surface area contributed by atoms with Gasteiger partial charge in [-0.1, -0.05) is 29.0 Å². The molecule has 0 radical (unpaired) electrons. The SMILES string of the molecule is Cc1nn2c3c(sc2nc1=O)C(=O)N(c1cccc(Cl)c1)C3=O. The van der Waals surface area contributed by atoms with Gasteiger partial charge >= 0.3 is 0 Å². The molecule has 9 heteroatoms. The molecule has 0 bridgehead atoms. The number of aryl methyl sites for hydroxylation is 1. The van der Waals surface area contributed by atoms with Crippen LogP contribution >= 0.6 is 22.9 Å². The van der Waals surface area contributed by atoms with E-state index in [2.05, 4.69) is 10.1 Å². The van der Waals surface area contributed by atoms with Crippen LogP contribution in [0.2, 0.25) is 5.02 Å². The number of thiazole rings is 1. The van der Waals surface area contributed by atoms with E-state index in [1.165, 1.54) is 17.5 Å². The number of imide groups is 1. The third-order valence-electron chi connectivity index (χ3n) is 3.43. The van der Waals surface area contributed by atoms with Crippen LogP contribution in [0.1, 0.15) is 25.9 Å². The summed E-state index contributed by atoms with van der Waals surface area (Å²) < 4.78 is 1.25. The maximum Gasteiger partial charge on any atom is 0.295 e. The van der Waals surface area contributed by atoms with Crippen LogP contribution in [0, 0.1) is 6.92 Å². The number of aromatic nitrogens is 3. The van der Waals surface area contributed by atoms with Crippen molar-refractivity contribution in [3.63, 3.8) is 0 Å². The zero-order valence-corrected chi connectivity index (χ0v) is 13.2. The Morgan fingerprint density at radius 1 is 1.17 bits per heavy atom. The molecule has 2 aromatic heterocycles. The predicted octanol–water partition coefficient (Wildman–Crippen LogP) is 1.91. The van der Waals surface area contributed by atoms with Crippen molar-refractivity contribution in [3.05, 3.63) is 55.9 Å². The number of nitrogens with zero attached hydrogens (tertiary/aromatic N) is 4. The van der Waals surface area contributed by atoms with Crippen molar-refractivity contribution in [1.29, 1.82) is 0 Å². The first-order valence-corrected chi connectivity index (χ1v) is 7.71. The van der Waals surface area contributed by atoms with Gasteiger partial charge in [0.2, 0.25) is 4.96 Å². The predicted molar refractivity (Wildman–Crippen MR) is 84.5 cm³/mol. The monoisotopic (exact) mass is 346 g/mol. The zero-order valence-electron chi connectivity index (χ0n) is 11.6. The standard InChI is InChI=1S/C14H7ClN4O3S/c1-6-11(20)16-14-19(17-6)9-10(23-14)13(22)18(12(9)21)8-4-2-3-7(15)5-8/h2-5H,1H3. The van der Waals surface area contributed by atoms with E-state index in [1.54, 1.807) is 18.2 Å². The highest BCUT2D eigenvalue weighted by Crippen LogP contribution is 2.33. The molecule has 23 heavy (non-hydrogen) atoms. The Bertz CT molecular complexity index is 1070. The van der Waals surface area contributed by atoms with Crippen molar-refractivity contribution < 1.29 is 9.59 Å². The van der Waals surface area contributed by atoms with E-state index in [4.69, 9.17) is 11.6 Å². The van der Waals surface area contributed by atoms with Gasteiger partial charge in [-0.3, -0.25) is 14.4 Å². The van der Waals surface area contributed by atoms with Crippen molar-refractivity contribution in [3.8, 4) is 0 Å². The summed E-state index contributed by atoms with van der Waals surface area (Å²) in [7, 11) is 0. The highest BCUT2D eigenvalue weighted by Gasteiger charge is 2.41. The second-order valence-electron chi connectivity index (χ2n) is 4.90. The molecule has 1 aliphatic heterocycles. The van der Waals surface area contributed by atoms with Gasteiger partial charge in [0.1, 0.15) is 10.6 Å². The van der Waals surface area contributed by atoms with Gasteiger partial charge in [0.15, 0.2) is 5.69 Å². The summed E-state index contributed by atoms with van der Waals surface area (Å²) in [6.45, 7) is 1.50. The number of benzene rings is 1. The summed E-state index contributed by atoms with van der Waals surface area (Å²) >= 11 is 6.90. The fourth-order valence-corrected chi connectivity index (χ4v) is 3.54. The number of amides is 2. The Kier molecular flexibility index (Phi) is 2.87. The van der Waals surface area contributed by atoms with E-state index >= 15 is 0 Å². The molecule has 3 heterocycles. The molecule has 3 aromatic rings. The van der Waals surface area contributed by atoms with Gasteiger partial charge in [0, 0.05) is 5.02 Å². The second kappa shape index (κ2) is 4.71. The maximum atomic E-state index is 12.7. The third-order valence-corrected chi connectivity index (χ3v) is 4.68. The fraction of sp³-hybridized carbons (Fsp3) is 0.0714. The number of hydrogen-bond acceptors (Lipinski definition) is 6. The Hall–Kier alpha value is -2.58. The minimum Gasteiger partial charge on any atom is -0.267 e. The molecule has 1 aliphatic rings. The topological polar surface area (TPSA) is 84.6 Å². The molecule has 0 atom stereocenters. The lowest BCUT2D eigenvalue weighted by molar-refractivity contribution is 0.0924. The summed E-state index contributed by atoms with van der Waals surface area (Å²) in [6, 6.07) is 6.47. The van der Waals surface area contributed by atoms with Crippen molar-refractivity contribution >= 4 is 45.4 Å². The largest absolute Gasteiger partial charge is 0.295 e. The van der Waals surface area contributed by atoms with Crippen molar-refractivity contribution in [2.24, 2.45) is 0 Å². The average Bonchev–Trinajstić information content (AvgIpc) is 2.96. The Balaban J connectivity index is 1.94. The summed E-state index contributed by atoms with van der Waals surface area (Å²) in [4.78, 5) is 42.2. The first-order valence-electron chi connectivity index (χ1n) is 6.52. The number of halogens is 1. The van der Waals surface area contributed by atoms with Crippen LogP contribution in [-0.2, 0) is 0 Å². The molecule has 1 aromatic carbocycles. The number of anilines is 1. The molecule has 0 spiro atoms. The molecule has 2 amide bonds. The zero-order chi connectivity index (χ0) is 16.3. The van der Waals surface area contributed by atoms with Crippen molar-refractivity contribution in [1.82, 2.24) is 14.6 Å². The molecule has 0 aliphatic carbocycles. The van der Waals surface area contributed by atoms with E-state index in [0.29, 0.717) is 10.7 Å². The first-order chi connectivity index (χ1) is 11.0. The molecule has 114 valence electrons. The second-order valence-corrected chi connectivity index (χ2v) is 6.32. The molecule has 7 nitrogen and oxygen atoms in total. The van der Waals surface area contributed by atoms with E-state index in [1.807, 2.05) is 0 Å². The van der Waals surface area contributed by atoms with Crippen LogP contribution in [0.4, 0.5) is 5.69 Å². The van der Waals surface area contributed by atoms with E-state index < -0.39 is 17.4 Å². The normalized spacial score (nSPS) is 13.9. The van der Waals surface area contributed by atoms with Crippen LogP contribution < -0.4 is 10.5 Å². The molecule has 0 unspecified atom stereocenters. The highest BCUT2D eigenvalue weighted by molar-refractivity contribution is 7.19. The summed E-state index contributed by atoms with van der Waals surface area (Å²) in [6.07, 6.45) is 0. The van der Waals surface area contributed by atoms with Crippen LogP contribution in [0.25, 0.3) is 4.96 Å². The van der Waals surface area contributed by atoms with Gasteiger partial charge in [-0.15, -0.1) is 0 Å². The van der Waals surface area contributed by atoms with Gasteiger partial charge in [-0.05, 0) is 25.1 Å². The van der Waals surface area contributed by atoms with E-state index in [0.717, 1.165) is 16.2 Å². The van der Waals surface area contributed by atoms with Crippen LogP contribution in [0.5, 0.6) is 0 Å². The summed E-state index contributed by atoms with van der Waals surface area (Å²) in [5, 5.41) is 4.48. The Morgan fingerprint density at radius 2 is 1.96 bits per heavy atom. The van der Waals surface area contributed by atoms with Crippen molar-refractivity contribution in [2.45, 2.75) is 6.92 Å². The maximum absolute atomic E-state index is 12.7. The quantitative estimate of drug-likeness (QED) is 0.628. The van der Waals surface area contributed by atoms with Gasteiger partial charge in [0.25, 0.3) is 17.4 Å².